The predicted octanol–water partition coefficient (Wildman–Crippen LogP) is 3.05. The Labute approximate surface area is 118 Å². The molecule has 1 aliphatic rings. The SMILES string of the molecule is CC(C)(C)OC(=O)N1CCC[C@@H](COCCBr)C1. The lowest BCUT2D eigenvalue weighted by Gasteiger charge is -2.34. The van der Waals surface area contributed by atoms with Crippen molar-refractivity contribution >= 4 is 22.0 Å². The molecule has 1 saturated heterocycles. The molecule has 0 saturated carbocycles. The molecule has 0 aromatic rings. The first kappa shape index (κ1) is 15.8. The van der Waals surface area contributed by atoms with E-state index in [9.17, 15) is 4.79 Å². The fourth-order valence-electron chi connectivity index (χ4n) is 2.00. The summed E-state index contributed by atoms with van der Waals surface area (Å²) in [6.45, 7) is 8.68. The van der Waals surface area contributed by atoms with Crippen molar-refractivity contribution in [1.29, 1.82) is 0 Å². The quantitative estimate of drug-likeness (QED) is 0.590. The third kappa shape index (κ3) is 6.05. The zero-order valence-electron chi connectivity index (χ0n) is 11.6. The van der Waals surface area contributed by atoms with Crippen LogP contribution in [0, 0.1) is 5.92 Å². The standard InChI is InChI=1S/C13H24BrNO3/c1-13(2,3)18-12(16)15-7-4-5-11(9-15)10-17-8-6-14/h11H,4-10H2,1-3H3/t11-/m1/s1. The van der Waals surface area contributed by atoms with Crippen LogP contribution in [0.2, 0.25) is 0 Å². The maximum atomic E-state index is 11.9. The second-order valence-corrected chi connectivity index (χ2v) is 6.49. The molecule has 1 aliphatic heterocycles. The average Bonchev–Trinajstić information content (AvgIpc) is 2.27. The Kier molecular flexibility index (Phi) is 6.43. The highest BCUT2D eigenvalue weighted by atomic mass is 79.9. The van der Waals surface area contributed by atoms with Crippen LogP contribution in [0.5, 0.6) is 0 Å². The van der Waals surface area contributed by atoms with E-state index in [1.165, 1.54) is 0 Å². The van der Waals surface area contributed by atoms with Gasteiger partial charge in [-0.05, 0) is 33.6 Å². The number of amides is 1. The number of ether oxygens (including phenoxy) is 2. The number of nitrogens with zero attached hydrogens (tertiary/aromatic N) is 1. The van der Waals surface area contributed by atoms with Gasteiger partial charge in [0.15, 0.2) is 0 Å². The first-order chi connectivity index (χ1) is 8.42. The van der Waals surface area contributed by atoms with E-state index in [4.69, 9.17) is 9.47 Å². The molecule has 1 atom stereocenters. The van der Waals surface area contributed by atoms with Crippen LogP contribution in [0.1, 0.15) is 33.6 Å². The second kappa shape index (κ2) is 7.34. The van der Waals surface area contributed by atoms with E-state index < -0.39 is 5.60 Å². The number of carbonyl (C=O) groups is 1. The monoisotopic (exact) mass is 321 g/mol. The lowest BCUT2D eigenvalue weighted by Crippen LogP contribution is -2.43. The highest BCUT2D eigenvalue weighted by Gasteiger charge is 2.27. The van der Waals surface area contributed by atoms with Crippen LogP contribution in [-0.4, -0.2) is 48.2 Å². The molecule has 0 bridgehead atoms. The highest BCUT2D eigenvalue weighted by molar-refractivity contribution is 9.09. The van der Waals surface area contributed by atoms with Gasteiger partial charge in [-0.3, -0.25) is 0 Å². The summed E-state index contributed by atoms with van der Waals surface area (Å²) in [5.41, 5.74) is -0.420. The van der Waals surface area contributed by atoms with Crippen molar-refractivity contribution in [2.75, 3.05) is 31.6 Å². The summed E-state index contributed by atoms with van der Waals surface area (Å²) in [5.74, 6) is 0.435. The summed E-state index contributed by atoms with van der Waals surface area (Å²) in [6, 6.07) is 0. The molecule has 1 heterocycles. The van der Waals surface area contributed by atoms with Crippen LogP contribution in [0.4, 0.5) is 4.79 Å². The maximum absolute atomic E-state index is 11.9. The average molecular weight is 322 g/mol. The number of hydrogen-bond acceptors (Lipinski definition) is 3. The van der Waals surface area contributed by atoms with Crippen LogP contribution >= 0.6 is 15.9 Å². The van der Waals surface area contributed by atoms with Gasteiger partial charge in [0.2, 0.25) is 0 Å². The molecule has 1 amide bonds. The molecule has 1 rings (SSSR count). The van der Waals surface area contributed by atoms with E-state index in [1.807, 2.05) is 20.8 Å². The Morgan fingerprint density at radius 1 is 1.44 bits per heavy atom. The van der Waals surface area contributed by atoms with Crippen LogP contribution < -0.4 is 0 Å². The smallest absolute Gasteiger partial charge is 0.410 e. The Balaban J connectivity index is 2.36. The van der Waals surface area contributed by atoms with E-state index in [-0.39, 0.29) is 6.09 Å². The molecular weight excluding hydrogens is 298 g/mol. The zero-order chi connectivity index (χ0) is 13.6. The molecular formula is C13H24BrNO3. The van der Waals surface area contributed by atoms with E-state index in [2.05, 4.69) is 15.9 Å². The molecule has 0 aliphatic carbocycles. The highest BCUT2D eigenvalue weighted by Crippen LogP contribution is 2.19. The van der Waals surface area contributed by atoms with Gasteiger partial charge in [-0.2, -0.15) is 0 Å². The molecule has 0 aromatic heterocycles. The molecule has 18 heavy (non-hydrogen) atoms. The van der Waals surface area contributed by atoms with Gasteiger partial charge < -0.3 is 14.4 Å². The summed E-state index contributed by atoms with van der Waals surface area (Å²) in [4.78, 5) is 13.7. The third-order valence-electron chi connectivity index (χ3n) is 2.75. The Bertz CT molecular complexity index is 265. The number of rotatable bonds is 4. The lowest BCUT2D eigenvalue weighted by molar-refractivity contribution is 0.00862. The molecule has 4 nitrogen and oxygen atoms in total. The summed E-state index contributed by atoms with van der Waals surface area (Å²) in [7, 11) is 0. The van der Waals surface area contributed by atoms with Gasteiger partial charge >= 0.3 is 6.09 Å². The molecule has 0 N–H and O–H groups in total. The zero-order valence-corrected chi connectivity index (χ0v) is 13.2. The lowest BCUT2D eigenvalue weighted by atomic mass is 9.99. The van der Waals surface area contributed by atoms with Gasteiger partial charge in [0, 0.05) is 24.3 Å². The van der Waals surface area contributed by atoms with Crippen molar-refractivity contribution in [2.24, 2.45) is 5.92 Å². The minimum atomic E-state index is -0.420. The third-order valence-corrected chi connectivity index (χ3v) is 3.07. The largest absolute Gasteiger partial charge is 0.444 e. The summed E-state index contributed by atoms with van der Waals surface area (Å²) in [5, 5.41) is 0.857. The minimum absolute atomic E-state index is 0.201. The van der Waals surface area contributed by atoms with Crippen molar-refractivity contribution in [3.05, 3.63) is 0 Å². The van der Waals surface area contributed by atoms with Crippen LogP contribution in [-0.2, 0) is 9.47 Å². The summed E-state index contributed by atoms with van der Waals surface area (Å²) >= 11 is 3.33. The van der Waals surface area contributed by atoms with Crippen LogP contribution in [0.25, 0.3) is 0 Å². The topological polar surface area (TPSA) is 38.8 Å². The fourth-order valence-corrected chi connectivity index (χ4v) is 2.23. The molecule has 106 valence electrons. The van der Waals surface area contributed by atoms with Gasteiger partial charge in [-0.1, -0.05) is 15.9 Å². The molecule has 0 aromatic carbocycles. The van der Waals surface area contributed by atoms with Gasteiger partial charge in [0.25, 0.3) is 0 Å². The van der Waals surface area contributed by atoms with E-state index in [1.54, 1.807) is 4.90 Å². The maximum Gasteiger partial charge on any atom is 0.410 e. The Hall–Kier alpha value is -0.290. The predicted molar refractivity (Wildman–Crippen MR) is 75.1 cm³/mol. The van der Waals surface area contributed by atoms with Gasteiger partial charge in [-0.15, -0.1) is 0 Å². The van der Waals surface area contributed by atoms with Gasteiger partial charge in [0.1, 0.15) is 5.60 Å². The normalized spacial score (nSPS) is 20.9. The van der Waals surface area contributed by atoms with Gasteiger partial charge in [0.05, 0.1) is 13.2 Å². The minimum Gasteiger partial charge on any atom is -0.444 e. The number of likely N-dealkylation sites (tertiary alicyclic amines) is 1. The van der Waals surface area contributed by atoms with Crippen LogP contribution in [0.15, 0.2) is 0 Å². The first-order valence-corrected chi connectivity index (χ1v) is 7.66. The number of halogens is 1. The molecule has 1 fully saturated rings. The fraction of sp³-hybridized carbons (Fsp3) is 0.923. The van der Waals surface area contributed by atoms with Crippen molar-refractivity contribution in [2.45, 2.75) is 39.2 Å². The van der Waals surface area contributed by atoms with Crippen LogP contribution in [0.3, 0.4) is 0 Å². The Morgan fingerprint density at radius 2 is 2.17 bits per heavy atom. The summed E-state index contributed by atoms with van der Waals surface area (Å²) in [6.07, 6.45) is 1.95. The molecule has 0 unspecified atom stereocenters. The second-order valence-electron chi connectivity index (χ2n) is 5.70. The summed E-state index contributed by atoms with van der Waals surface area (Å²) < 4.78 is 10.9. The van der Waals surface area contributed by atoms with Gasteiger partial charge in [-0.25, -0.2) is 4.79 Å². The van der Waals surface area contributed by atoms with Crippen molar-refractivity contribution in [3.63, 3.8) is 0 Å². The molecule has 5 heteroatoms. The van der Waals surface area contributed by atoms with E-state index in [0.717, 1.165) is 44.5 Å². The van der Waals surface area contributed by atoms with E-state index >= 15 is 0 Å². The number of hydrogen-bond donors (Lipinski definition) is 0. The van der Waals surface area contributed by atoms with Crippen molar-refractivity contribution < 1.29 is 14.3 Å². The number of carbonyl (C=O) groups excluding carboxylic acids is 1. The number of piperidine rings is 1. The van der Waals surface area contributed by atoms with Crippen molar-refractivity contribution in [3.8, 4) is 0 Å². The molecule has 0 radical (unpaired) electrons. The number of alkyl halides is 1. The van der Waals surface area contributed by atoms with E-state index in [0.29, 0.717) is 5.92 Å². The first-order valence-electron chi connectivity index (χ1n) is 6.54. The molecule has 0 spiro atoms. The van der Waals surface area contributed by atoms with Crippen molar-refractivity contribution in [1.82, 2.24) is 4.90 Å². The Morgan fingerprint density at radius 3 is 2.78 bits per heavy atom.